The lowest BCUT2D eigenvalue weighted by atomic mass is 10.1. The number of carbonyl (C=O) groups is 1. The van der Waals surface area contributed by atoms with Crippen molar-refractivity contribution in [2.45, 2.75) is 20.0 Å². The maximum Gasteiger partial charge on any atom is 0.311 e. The molecule has 0 heterocycles. The number of hydrogen-bond acceptors (Lipinski definition) is 4. The van der Waals surface area contributed by atoms with E-state index in [0.29, 0.717) is 17.1 Å². The standard InChI is InChI=1S/C22H21BBrNO3/c1-22(2)17(12-19(23)24)20(22)21(26)28-18(13-25)14-7-6-10-16(11-14)27-15-8-4-3-5-9-15/h3-12,17-18,20H,23H2,1-2H3/t17-,18+,20-/m0/s1. The van der Waals surface area contributed by atoms with E-state index in [1.807, 2.05) is 58.1 Å². The van der Waals surface area contributed by atoms with Crippen molar-refractivity contribution in [2.75, 3.05) is 0 Å². The molecule has 1 fully saturated rings. The largest absolute Gasteiger partial charge is 0.457 e. The highest BCUT2D eigenvalue weighted by atomic mass is 79.9. The minimum atomic E-state index is -0.974. The summed E-state index contributed by atoms with van der Waals surface area (Å²) in [5.41, 5.74) is 0.413. The lowest BCUT2D eigenvalue weighted by Gasteiger charge is -2.13. The quantitative estimate of drug-likeness (QED) is 0.484. The summed E-state index contributed by atoms with van der Waals surface area (Å²) in [5, 5.41) is 9.57. The molecular weight excluding hydrogens is 417 g/mol. The molecular formula is C22H21BBrNO3. The fraction of sp³-hybridized carbons (Fsp3) is 0.273. The van der Waals surface area contributed by atoms with E-state index >= 15 is 0 Å². The van der Waals surface area contributed by atoms with Gasteiger partial charge in [-0.05, 0) is 35.6 Å². The topological polar surface area (TPSA) is 59.3 Å². The van der Waals surface area contributed by atoms with E-state index in [1.165, 1.54) is 0 Å². The van der Waals surface area contributed by atoms with E-state index in [9.17, 15) is 10.1 Å². The number of nitrogens with zero attached hydrogens (tertiary/aromatic N) is 1. The van der Waals surface area contributed by atoms with Gasteiger partial charge in [-0.1, -0.05) is 70.6 Å². The van der Waals surface area contributed by atoms with Crippen LogP contribution in [0.15, 0.2) is 65.1 Å². The van der Waals surface area contributed by atoms with Crippen LogP contribution in [0.2, 0.25) is 0 Å². The zero-order valence-electron chi connectivity index (χ0n) is 16.1. The Morgan fingerprint density at radius 1 is 1.21 bits per heavy atom. The van der Waals surface area contributed by atoms with Crippen LogP contribution in [0.1, 0.15) is 25.5 Å². The first-order chi connectivity index (χ1) is 13.3. The lowest BCUT2D eigenvalue weighted by Crippen LogP contribution is -2.14. The molecule has 1 saturated carbocycles. The Morgan fingerprint density at radius 2 is 1.89 bits per heavy atom. The molecule has 0 bridgehead atoms. The van der Waals surface area contributed by atoms with E-state index < -0.39 is 6.10 Å². The van der Waals surface area contributed by atoms with Gasteiger partial charge in [0.25, 0.3) is 0 Å². The third kappa shape index (κ3) is 4.48. The van der Waals surface area contributed by atoms with Crippen LogP contribution in [0, 0.1) is 28.6 Å². The van der Waals surface area contributed by atoms with E-state index in [4.69, 9.17) is 9.47 Å². The third-order valence-electron chi connectivity index (χ3n) is 5.06. The highest BCUT2D eigenvalue weighted by Gasteiger charge is 2.61. The maximum atomic E-state index is 12.7. The van der Waals surface area contributed by atoms with Gasteiger partial charge in [-0.2, -0.15) is 5.26 Å². The Hall–Kier alpha value is -2.52. The maximum absolute atomic E-state index is 12.7. The number of rotatable bonds is 6. The fourth-order valence-corrected chi connectivity index (χ4v) is 3.70. The van der Waals surface area contributed by atoms with Crippen LogP contribution in [-0.2, 0) is 9.53 Å². The summed E-state index contributed by atoms with van der Waals surface area (Å²) in [4.78, 5) is 12.7. The average Bonchev–Trinajstić information content (AvgIpc) is 3.20. The van der Waals surface area contributed by atoms with Crippen LogP contribution in [0.5, 0.6) is 11.5 Å². The van der Waals surface area contributed by atoms with Gasteiger partial charge in [0.15, 0.2) is 0 Å². The summed E-state index contributed by atoms with van der Waals surface area (Å²) in [6, 6.07) is 18.5. The summed E-state index contributed by atoms with van der Waals surface area (Å²) in [5.74, 6) is 0.791. The number of ether oxygens (including phenoxy) is 2. The average molecular weight is 438 g/mol. The molecule has 28 heavy (non-hydrogen) atoms. The molecule has 0 unspecified atom stereocenters. The molecule has 142 valence electrons. The number of halogens is 1. The molecule has 0 spiro atoms. The normalized spacial score (nSPS) is 21.3. The van der Waals surface area contributed by atoms with Crippen molar-refractivity contribution in [2.24, 2.45) is 17.3 Å². The smallest absolute Gasteiger partial charge is 0.311 e. The van der Waals surface area contributed by atoms with E-state index in [0.717, 1.165) is 4.38 Å². The second-order valence-corrected chi connectivity index (χ2v) is 8.76. The predicted octanol–water partition coefficient (Wildman–Crippen LogP) is 4.73. The number of allylic oxidation sites excluding steroid dienone is 1. The van der Waals surface area contributed by atoms with Gasteiger partial charge in [-0.15, -0.1) is 0 Å². The van der Waals surface area contributed by atoms with Crippen LogP contribution in [0.25, 0.3) is 0 Å². The molecule has 6 heteroatoms. The van der Waals surface area contributed by atoms with Crippen molar-refractivity contribution in [1.82, 2.24) is 0 Å². The molecule has 3 atom stereocenters. The van der Waals surface area contributed by atoms with E-state index in [-0.39, 0.29) is 23.2 Å². The summed E-state index contributed by atoms with van der Waals surface area (Å²) in [6.07, 6.45) is 1.06. The predicted molar refractivity (Wildman–Crippen MR) is 114 cm³/mol. The van der Waals surface area contributed by atoms with Gasteiger partial charge in [0.05, 0.1) is 5.92 Å². The summed E-state index contributed by atoms with van der Waals surface area (Å²) >= 11 is 3.42. The zero-order valence-corrected chi connectivity index (χ0v) is 17.6. The molecule has 0 aliphatic heterocycles. The number of hydrogen-bond donors (Lipinski definition) is 0. The van der Waals surface area contributed by atoms with Crippen molar-refractivity contribution in [3.63, 3.8) is 0 Å². The number of esters is 1. The Morgan fingerprint density at radius 3 is 2.54 bits per heavy atom. The van der Waals surface area contributed by atoms with Crippen molar-refractivity contribution in [1.29, 1.82) is 5.26 Å². The Balaban J connectivity index is 1.72. The number of benzene rings is 2. The highest BCUT2D eigenvalue weighted by molar-refractivity contribution is 9.12. The fourth-order valence-electron chi connectivity index (χ4n) is 3.41. The molecule has 0 radical (unpaired) electrons. The Bertz CT molecular complexity index is 932. The van der Waals surface area contributed by atoms with E-state index in [2.05, 4.69) is 22.0 Å². The molecule has 0 amide bonds. The molecule has 2 aromatic rings. The van der Waals surface area contributed by atoms with Gasteiger partial charge in [0, 0.05) is 5.56 Å². The van der Waals surface area contributed by atoms with Gasteiger partial charge in [0.1, 0.15) is 25.4 Å². The molecule has 3 rings (SSSR count). The zero-order chi connectivity index (χ0) is 20.3. The van der Waals surface area contributed by atoms with E-state index in [1.54, 1.807) is 24.3 Å². The van der Waals surface area contributed by atoms with Crippen LogP contribution >= 0.6 is 15.9 Å². The van der Waals surface area contributed by atoms with Crippen molar-refractivity contribution >= 4 is 29.7 Å². The summed E-state index contributed by atoms with van der Waals surface area (Å²) < 4.78 is 12.4. The first kappa shape index (κ1) is 20.2. The first-order valence-corrected chi connectivity index (χ1v) is 9.89. The van der Waals surface area contributed by atoms with Crippen molar-refractivity contribution in [3.8, 4) is 17.6 Å². The van der Waals surface area contributed by atoms with Crippen LogP contribution in [0.4, 0.5) is 0 Å². The van der Waals surface area contributed by atoms with Crippen molar-refractivity contribution < 1.29 is 14.3 Å². The first-order valence-electron chi connectivity index (χ1n) is 9.10. The van der Waals surface area contributed by atoms with Gasteiger partial charge in [-0.25, -0.2) is 0 Å². The summed E-state index contributed by atoms with van der Waals surface area (Å²) in [6.45, 7) is 4.07. The molecule has 0 aromatic heterocycles. The molecule has 1 aliphatic rings. The monoisotopic (exact) mass is 437 g/mol. The molecule has 0 N–H and O–H groups in total. The van der Waals surface area contributed by atoms with Crippen LogP contribution in [0.3, 0.4) is 0 Å². The number of carbonyl (C=O) groups excluding carboxylic acids is 1. The number of para-hydroxylation sites is 1. The minimum absolute atomic E-state index is 0.103. The van der Waals surface area contributed by atoms with Gasteiger partial charge in [-0.3, -0.25) is 4.79 Å². The minimum Gasteiger partial charge on any atom is -0.457 e. The van der Waals surface area contributed by atoms with Crippen LogP contribution < -0.4 is 4.74 Å². The molecule has 2 aromatic carbocycles. The second-order valence-electron chi connectivity index (χ2n) is 7.51. The Labute approximate surface area is 174 Å². The SMILES string of the molecule is BC(Br)=C[C@H]1[C@@H](C(=O)O[C@H](C#N)c2cccc(Oc3ccccc3)c2)C1(C)C. The highest BCUT2D eigenvalue weighted by Crippen LogP contribution is 2.60. The lowest BCUT2D eigenvalue weighted by molar-refractivity contribution is -0.149. The van der Waals surface area contributed by atoms with Gasteiger partial charge >= 0.3 is 5.97 Å². The molecule has 0 saturated heterocycles. The second kappa shape index (κ2) is 8.24. The van der Waals surface area contributed by atoms with Crippen LogP contribution in [-0.4, -0.2) is 13.8 Å². The third-order valence-corrected chi connectivity index (χ3v) is 5.33. The van der Waals surface area contributed by atoms with Crippen molar-refractivity contribution in [3.05, 3.63) is 70.6 Å². The Kier molecular flexibility index (Phi) is 5.95. The van der Waals surface area contributed by atoms with Gasteiger partial charge in [0.2, 0.25) is 6.10 Å². The van der Waals surface area contributed by atoms with Gasteiger partial charge < -0.3 is 9.47 Å². The molecule has 4 nitrogen and oxygen atoms in total. The number of nitriles is 1. The summed E-state index contributed by atoms with van der Waals surface area (Å²) in [7, 11) is 1.94. The molecule has 1 aliphatic carbocycles.